The highest BCUT2D eigenvalue weighted by atomic mass is 19.4. The molecular weight excluding hydrogens is 359 g/mol. The Morgan fingerprint density at radius 3 is 2.28 bits per heavy atom. The number of carbonyl (C=O) groups excluding carboxylic acids is 1. The number of ketones is 1. The van der Waals surface area contributed by atoms with Crippen molar-refractivity contribution < 1.29 is 40.3 Å². The summed E-state index contributed by atoms with van der Waals surface area (Å²) in [6, 6.07) is 1.32. The molecule has 25 heavy (non-hydrogen) atoms. The fraction of sp³-hybridized carbons (Fsp3) is 0.333. The summed E-state index contributed by atoms with van der Waals surface area (Å²) >= 11 is 0. The lowest BCUT2D eigenvalue weighted by Gasteiger charge is -2.18. The minimum absolute atomic E-state index is 0.227. The van der Waals surface area contributed by atoms with Crippen LogP contribution in [0.15, 0.2) is 35.3 Å². The molecule has 0 saturated carbocycles. The number of carbonyl (C=O) groups is 1. The SMILES string of the molecule is C/C=C\C(=N/C(C)OC(F)(F)F)C(F)(F)C(=O)c1ccc(F)cc1F. The maximum atomic E-state index is 14.3. The Morgan fingerprint density at radius 1 is 1.20 bits per heavy atom. The van der Waals surface area contributed by atoms with Crippen LogP contribution in [-0.2, 0) is 4.74 Å². The Hall–Kier alpha value is -2.23. The van der Waals surface area contributed by atoms with E-state index in [9.17, 15) is 35.5 Å². The van der Waals surface area contributed by atoms with Gasteiger partial charge in [0, 0.05) is 6.07 Å². The molecule has 0 aliphatic heterocycles. The number of Topliss-reactive ketones (excluding diaryl/α,β-unsaturated/α-hetero) is 1. The van der Waals surface area contributed by atoms with Crippen LogP contribution in [0.2, 0.25) is 0 Å². The smallest absolute Gasteiger partial charge is 0.287 e. The maximum Gasteiger partial charge on any atom is 0.524 e. The van der Waals surface area contributed by atoms with Crippen molar-refractivity contribution >= 4 is 11.5 Å². The monoisotopic (exact) mass is 371 g/mol. The molecule has 0 N–H and O–H groups in total. The number of nitrogens with zero attached hydrogens (tertiary/aromatic N) is 1. The summed E-state index contributed by atoms with van der Waals surface area (Å²) in [5, 5.41) is 0. The second-order valence-corrected chi connectivity index (χ2v) is 4.70. The van der Waals surface area contributed by atoms with Crippen molar-refractivity contribution in [3.63, 3.8) is 0 Å². The molecule has 0 aliphatic carbocycles. The van der Waals surface area contributed by atoms with E-state index in [1.165, 1.54) is 6.92 Å². The predicted molar refractivity (Wildman–Crippen MR) is 74.5 cm³/mol. The minimum atomic E-state index is -5.13. The number of alkyl halides is 5. The van der Waals surface area contributed by atoms with Gasteiger partial charge in [-0.2, -0.15) is 8.78 Å². The van der Waals surface area contributed by atoms with Crippen LogP contribution in [0.4, 0.5) is 30.7 Å². The van der Waals surface area contributed by atoms with Crippen molar-refractivity contribution in [2.45, 2.75) is 32.4 Å². The van der Waals surface area contributed by atoms with E-state index < -0.39 is 47.2 Å². The van der Waals surface area contributed by atoms with E-state index in [1.54, 1.807) is 0 Å². The third-order valence-electron chi connectivity index (χ3n) is 2.73. The van der Waals surface area contributed by atoms with Gasteiger partial charge >= 0.3 is 12.3 Å². The molecule has 0 heterocycles. The van der Waals surface area contributed by atoms with E-state index in [2.05, 4.69) is 9.73 Å². The van der Waals surface area contributed by atoms with E-state index in [1.807, 2.05) is 0 Å². The first-order chi connectivity index (χ1) is 11.4. The van der Waals surface area contributed by atoms with Crippen molar-refractivity contribution in [1.82, 2.24) is 0 Å². The Morgan fingerprint density at radius 2 is 1.80 bits per heavy atom. The number of halogens is 7. The molecular formula is C15H12F7NO2. The molecule has 1 rings (SSSR count). The van der Waals surface area contributed by atoms with Crippen LogP contribution >= 0.6 is 0 Å². The normalized spacial score (nSPS) is 14.8. The predicted octanol–water partition coefficient (Wildman–Crippen LogP) is 4.68. The van der Waals surface area contributed by atoms with E-state index >= 15 is 0 Å². The highest BCUT2D eigenvalue weighted by molar-refractivity contribution is 6.21. The summed E-state index contributed by atoms with van der Waals surface area (Å²) < 4.78 is 94.7. The van der Waals surface area contributed by atoms with Crippen molar-refractivity contribution in [3.05, 3.63) is 47.5 Å². The van der Waals surface area contributed by atoms with Crippen molar-refractivity contribution in [3.8, 4) is 0 Å². The molecule has 0 bridgehead atoms. The molecule has 1 aromatic rings. The Kier molecular flexibility index (Phi) is 6.47. The molecule has 0 spiro atoms. The fourth-order valence-electron chi connectivity index (χ4n) is 1.76. The van der Waals surface area contributed by atoms with E-state index in [4.69, 9.17) is 0 Å². The van der Waals surface area contributed by atoms with Gasteiger partial charge in [0.25, 0.3) is 0 Å². The Bertz CT molecular complexity index is 696. The number of allylic oxidation sites excluding steroid dienone is 2. The van der Waals surface area contributed by atoms with Crippen LogP contribution < -0.4 is 0 Å². The summed E-state index contributed by atoms with van der Waals surface area (Å²) in [6.45, 7) is 1.99. The maximum absolute atomic E-state index is 14.3. The number of aliphatic imine (C=N–C) groups is 1. The molecule has 0 aliphatic rings. The van der Waals surface area contributed by atoms with Crippen LogP contribution in [0.3, 0.4) is 0 Å². The summed E-state index contributed by atoms with van der Waals surface area (Å²) in [4.78, 5) is 14.9. The zero-order valence-electron chi connectivity index (χ0n) is 12.9. The van der Waals surface area contributed by atoms with Gasteiger partial charge in [-0.05, 0) is 32.1 Å². The largest absolute Gasteiger partial charge is 0.524 e. The first-order valence-corrected chi connectivity index (χ1v) is 6.71. The molecule has 1 atom stereocenters. The molecule has 0 aromatic heterocycles. The zero-order valence-corrected chi connectivity index (χ0v) is 12.9. The number of rotatable bonds is 6. The Balaban J connectivity index is 3.26. The van der Waals surface area contributed by atoms with Gasteiger partial charge in [-0.1, -0.05) is 6.08 Å². The summed E-state index contributed by atoms with van der Waals surface area (Å²) in [5.41, 5.74) is -2.49. The van der Waals surface area contributed by atoms with Gasteiger partial charge in [-0.25, -0.2) is 8.78 Å². The molecule has 0 radical (unpaired) electrons. The van der Waals surface area contributed by atoms with Crippen molar-refractivity contribution in [2.75, 3.05) is 0 Å². The molecule has 0 saturated heterocycles. The van der Waals surface area contributed by atoms with Crippen LogP contribution in [0.1, 0.15) is 24.2 Å². The molecule has 138 valence electrons. The zero-order chi connectivity index (χ0) is 19.4. The van der Waals surface area contributed by atoms with Crippen LogP contribution in [0.25, 0.3) is 0 Å². The molecule has 0 fully saturated rings. The van der Waals surface area contributed by atoms with Crippen LogP contribution in [-0.4, -0.2) is 30.0 Å². The standard InChI is InChI=1S/C15H12F7NO2/c1-3-4-12(23-8(2)25-15(20,21)22)14(18,19)13(24)10-6-5-9(16)7-11(10)17/h3-8H,1-2H3/b4-3-,23-12+. The third kappa shape index (κ3) is 5.66. The molecule has 1 unspecified atom stereocenters. The number of hydrogen-bond donors (Lipinski definition) is 0. The summed E-state index contributed by atoms with van der Waals surface area (Å²) in [6.07, 6.45) is -5.62. The van der Waals surface area contributed by atoms with Crippen molar-refractivity contribution in [1.29, 1.82) is 0 Å². The lowest BCUT2D eigenvalue weighted by atomic mass is 10.0. The van der Waals surface area contributed by atoms with E-state index in [-0.39, 0.29) is 6.07 Å². The van der Waals surface area contributed by atoms with E-state index in [0.717, 1.165) is 13.0 Å². The molecule has 3 nitrogen and oxygen atoms in total. The Labute approximate surface area is 137 Å². The molecule has 10 heteroatoms. The van der Waals surface area contributed by atoms with Gasteiger partial charge in [-0.3, -0.25) is 14.5 Å². The van der Waals surface area contributed by atoms with Gasteiger partial charge in [0.05, 0.1) is 5.56 Å². The van der Waals surface area contributed by atoms with Crippen molar-refractivity contribution in [2.24, 2.45) is 4.99 Å². The van der Waals surface area contributed by atoms with Crippen LogP contribution in [0, 0.1) is 11.6 Å². The lowest BCUT2D eigenvalue weighted by Crippen LogP contribution is -2.38. The number of hydrogen-bond acceptors (Lipinski definition) is 3. The second-order valence-electron chi connectivity index (χ2n) is 4.70. The number of benzene rings is 1. The first kappa shape index (κ1) is 20.8. The average molecular weight is 371 g/mol. The third-order valence-corrected chi connectivity index (χ3v) is 2.73. The van der Waals surface area contributed by atoms with Gasteiger partial charge in [0.1, 0.15) is 17.3 Å². The minimum Gasteiger partial charge on any atom is -0.287 e. The highest BCUT2D eigenvalue weighted by Crippen LogP contribution is 2.27. The molecule has 1 aromatic carbocycles. The number of ether oxygens (including phenoxy) is 1. The fourth-order valence-corrected chi connectivity index (χ4v) is 1.76. The highest BCUT2D eigenvalue weighted by Gasteiger charge is 2.45. The summed E-state index contributed by atoms with van der Waals surface area (Å²) in [7, 11) is 0. The van der Waals surface area contributed by atoms with Gasteiger partial charge < -0.3 is 0 Å². The second kappa shape index (κ2) is 7.77. The molecule has 0 amide bonds. The lowest BCUT2D eigenvalue weighted by molar-refractivity contribution is -0.339. The quantitative estimate of drug-likeness (QED) is 0.414. The van der Waals surface area contributed by atoms with E-state index in [0.29, 0.717) is 18.2 Å². The topological polar surface area (TPSA) is 38.7 Å². The van der Waals surface area contributed by atoms with Gasteiger partial charge in [-0.15, -0.1) is 13.2 Å². The van der Waals surface area contributed by atoms with Gasteiger partial charge in [0.2, 0.25) is 5.78 Å². The van der Waals surface area contributed by atoms with Crippen LogP contribution in [0.5, 0.6) is 0 Å². The summed E-state index contributed by atoms with van der Waals surface area (Å²) in [5.74, 6) is -9.17. The first-order valence-electron chi connectivity index (χ1n) is 6.71. The van der Waals surface area contributed by atoms with Gasteiger partial charge in [0.15, 0.2) is 6.23 Å². The average Bonchev–Trinajstić information content (AvgIpc) is 2.44.